The van der Waals surface area contributed by atoms with Crippen molar-refractivity contribution in [2.24, 2.45) is 11.1 Å². The molecular weight excluding hydrogens is 433 g/mol. The molecule has 0 saturated heterocycles. The Hall–Kier alpha value is -3.08. The number of oxime groups is 1. The predicted molar refractivity (Wildman–Crippen MR) is 110 cm³/mol. The van der Waals surface area contributed by atoms with E-state index < -0.39 is 36.0 Å². The van der Waals surface area contributed by atoms with E-state index in [0.717, 1.165) is 18.6 Å². The number of alkyl halides is 3. The minimum absolute atomic E-state index is 0.000631. The smallest absolute Gasteiger partial charge is 0.416 e. The molecule has 3 N–H and O–H groups in total. The van der Waals surface area contributed by atoms with Crippen LogP contribution in [0.3, 0.4) is 0 Å². The van der Waals surface area contributed by atoms with Gasteiger partial charge in [-0.05, 0) is 37.0 Å². The van der Waals surface area contributed by atoms with Crippen LogP contribution in [0.15, 0.2) is 41.7 Å². The van der Waals surface area contributed by atoms with Crippen molar-refractivity contribution in [2.75, 3.05) is 26.9 Å². The van der Waals surface area contributed by atoms with Crippen molar-refractivity contribution in [1.29, 1.82) is 0 Å². The van der Waals surface area contributed by atoms with Crippen molar-refractivity contribution in [3.63, 3.8) is 0 Å². The molecule has 178 valence electrons. The van der Waals surface area contributed by atoms with Gasteiger partial charge in [0, 0.05) is 19.4 Å². The molecule has 0 saturated carbocycles. The van der Waals surface area contributed by atoms with Crippen molar-refractivity contribution in [3.8, 4) is 0 Å². The Morgan fingerprint density at radius 2 is 1.81 bits per heavy atom. The summed E-state index contributed by atoms with van der Waals surface area (Å²) in [6, 6.07) is 4.59. The van der Waals surface area contributed by atoms with Crippen LogP contribution < -0.4 is 5.32 Å². The van der Waals surface area contributed by atoms with Crippen LogP contribution >= 0.6 is 0 Å². The Bertz CT molecular complexity index is 794. The lowest BCUT2D eigenvalue weighted by Crippen LogP contribution is -2.29. The number of carboxylic acid groups (broad SMARTS) is 2. The number of halogens is 3. The van der Waals surface area contributed by atoms with Crippen LogP contribution in [0.2, 0.25) is 0 Å². The average molecular weight is 460 g/mol. The monoisotopic (exact) mass is 460 g/mol. The molecular formula is C21H27F3N2O6. The van der Waals surface area contributed by atoms with Gasteiger partial charge in [0.15, 0.2) is 0 Å². The van der Waals surface area contributed by atoms with Gasteiger partial charge < -0.3 is 25.1 Å². The summed E-state index contributed by atoms with van der Waals surface area (Å²) in [5.41, 5.74) is 0.205. The van der Waals surface area contributed by atoms with Crippen molar-refractivity contribution in [2.45, 2.75) is 31.9 Å². The zero-order valence-corrected chi connectivity index (χ0v) is 17.7. The molecule has 11 heteroatoms. The second-order valence-corrected chi connectivity index (χ2v) is 6.84. The molecule has 0 aliphatic carbocycles. The molecule has 0 unspecified atom stereocenters. The molecule has 0 heterocycles. The van der Waals surface area contributed by atoms with Crippen LogP contribution in [0.5, 0.6) is 0 Å². The second-order valence-electron chi connectivity index (χ2n) is 6.84. The van der Waals surface area contributed by atoms with Crippen LogP contribution in [0.4, 0.5) is 13.2 Å². The second kappa shape index (κ2) is 13.4. The number of carboxylic acids is 2. The first-order chi connectivity index (χ1) is 15.1. The molecule has 1 rings (SSSR count). The summed E-state index contributed by atoms with van der Waals surface area (Å²) in [5, 5.41) is 24.6. The van der Waals surface area contributed by atoms with Crippen molar-refractivity contribution in [3.05, 3.63) is 47.7 Å². The van der Waals surface area contributed by atoms with E-state index in [1.165, 1.54) is 12.1 Å². The van der Waals surface area contributed by atoms with Crippen LogP contribution in [0, 0.1) is 5.92 Å². The number of nitrogens with one attached hydrogen (secondary N) is 1. The fraction of sp³-hybridized carbons (Fsp3) is 0.476. The lowest BCUT2D eigenvalue weighted by Gasteiger charge is -2.15. The Morgan fingerprint density at radius 1 is 1.16 bits per heavy atom. The quantitative estimate of drug-likeness (QED) is 0.208. The fourth-order valence-electron chi connectivity index (χ4n) is 2.67. The molecule has 0 radical (unpaired) electrons. The summed E-state index contributed by atoms with van der Waals surface area (Å²) < 4.78 is 43.3. The molecule has 0 spiro atoms. The summed E-state index contributed by atoms with van der Waals surface area (Å²) >= 11 is 0. The first kappa shape index (κ1) is 27.0. The van der Waals surface area contributed by atoms with Crippen molar-refractivity contribution >= 4 is 17.7 Å². The van der Waals surface area contributed by atoms with Gasteiger partial charge in [-0.15, -0.1) is 0 Å². The number of hydrogen-bond acceptors (Lipinski definition) is 6. The maximum absolute atomic E-state index is 12.8. The molecule has 0 aromatic heterocycles. The van der Waals surface area contributed by atoms with E-state index in [1.54, 1.807) is 7.11 Å². The molecule has 8 nitrogen and oxygen atoms in total. The Labute approximate surface area is 183 Å². The minimum atomic E-state index is -4.44. The summed E-state index contributed by atoms with van der Waals surface area (Å²) in [6.45, 7) is 4.19. The fourth-order valence-corrected chi connectivity index (χ4v) is 2.67. The van der Waals surface area contributed by atoms with E-state index in [9.17, 15) is 22.8 Å². The van der Waals surface area contributed by atoms with Gasteiger partial charge in [-0.3, -0.25) is 9.59 Å². The van der Waals surface area contributed by atoms with E-state index in [2.05, 4.69) is 17.1 Å². The van der Waals surface area contributed by atoms with Crippen LogP contribution in [-0.2, 0) is 25.3 Å². The maximum atomic E-state index is 12.8. The largest absolute Gasteiger partial charge is 0.481 e. The number of carbonyl (C=O) groups is 2. The third-order valence-corrected chi connectivity index (χ3v) is 4.38. The van der Waals surface area contributed by atoms with Gasteiger partial charge in [0.05, 0.1) is 24.2 Å². The summed E-state index contributed by atoms with van der Waals surface area (Å²) in [4.78, 5) is 27.2. The number of unbranched alkanes of at least 4 members (excludes halogenated alkanes) is 1. The molecule has 0 aliphatic heterocycles. The van der Waals surface area contributed by atoms with Gasteiger partial charge in [0.25, 0.3) is 0 Å². The molecule has 1 aromatic carbocycles. The van der Waals surface area contributed by atoms with E-state index >= 15 is 0 Å². The highest BCUT2D eigenvalue weighted by atomic mass is 19.4. The van der Waals surface area contributed by atoms with Gasteiger partial charge in [-0.2, -0.15) is 13.2 Å². The third kappa shape index (κ3) is 9.82. The lowest BCUT2D eigenvalue weighted by atomic mass is 10.0. The third-order valence-electron chi connectivity index (χ3n) is 4.38. The van der Waals surface area contributed by atoms with Crippen LogP contribution in [0.25, 0.3) is 0 Å². The molecule has 0 amide bonds. The Balaban J connectivity index is 2.71. The molecule has 0 aliphatic rings. The number of nitrogens with zero attached hydrogens (tertiary/aromatic N) is 1. The SMILES string of the molecule is C=C(NCCO/N=C(\CCCCOC)c1ccc(C(F)(F)F)cc1)[C@H](CC(=O)O)C(=O)O. The predicted octanol–water partition coefficient (Wildman–Crippen LogP) is 3.52. The first-order valence-electron chi connectivity index (χ1n) is 9.79. The highest BCUT2D eigenvalue weighted by molar-refractivity contribution is 6.00. The van der Waals surface area contributed by atoms with Crippen LogP contribution in [-0.4, -0.2) is 54.7 Å². The number of rotatable bonds is 15. The van der Waals surface area contributed by atoms with E-state index in [-0.39, 0.29) is 18.8 Å². The number of aliphatic carboxylic acids is 2. The minimum Gasteiger partial charge on any atom is -0.481 e. The standard InChI is InChI=1S/C21H27F3N2O6/c1-14(17(20(29)30)13-19(27)28)25-10-12-32-26-18(5-3-4-11-31-2)15-6-8-16(9-7-15)21(22,23)24/h6-9,17,25H,1,3-5,10-13H2,2H3,(H,27,28)(H,29,30)/b26-18+/t17-/m0/s1. The first-order valence-corrected chi connectivity index (χ1v) is 9.79. The highest BCUT2D eigenvalue weighted by Crippen LogP contribution is 2.29. The average Bonchev–Trinajstić information content (AvgIpc) is 2.72. The number of ether oxygens (including phenoxy) is 1. The van der Waals surface area contributed by atoms with E-state index in [1.807, 2.05) is 0 Å². The molecule has 1 atom stereocenters. The summed E-state index contributed by atoms with van der Waals surface area (Å²) in [6.07, 6.45) is -3.18. The summed E-state index contributed by atoms with van der Waals surface area (Å²) in [5.74, 6) is -3.88. The zero-order valence-electron chi connectivity index (χ0n) is 17.7. The highest BCUT2D eigenvalue weighted by Gasteiger charge is 2.30. The van der Waals surface area contributed by atoms with E-state index in [4.69, 9.17) is 19.8 Å². The van der Waals surface area contributed by atoms with E-state index in [0.29, 0.717) is 30.7 Å². The van der Waals surface area contributed by atoms with Crippen LogP contribution in [0.1, 0.15) is 36.8 Å². The van der Waals surface area contributed by atoms with Crippen molar-refractivity contribution < 1.29 is 42.5 Å². The summed E-state index contributed by atoms with van der Waals surface area (Å²) in [7, 11) is 1.57. The molecule has 1 aromatic rings. The van der Waals surface area contributed by atoms with Gasteiger partial charge in [0.2, 0.25) is 0 Å². The van der Waals surface area contributed by atoms with Gasteiger partial charge >= 0.3 is 18.1 Å². The molecule has 0 fully saturated rings. The maximum Gasteiger partial charge on any atom is 0.416 e. The zero-order chi connectivity index (χ0) is 24.1. The normalized spacial score (nSPS) is 12.8. The number of methoxy groups -OCH3 is 1. The van der Waals surface area contributed by atoms with Crippen molar-refractivity contribution in [1.82, 2.24) is 5.32 Å². The lowest BCUT2D eigenvalue weighted by molar-refractivity contribution is -0.147. The number of benzene rings is 1. The number of hydrogen-bond donors (Lipinski definition) is 3. The van der Waals surface area contributed by atoms with Gasteiger partial charge in [-0.1, -0.05) is 23.9 Å². The molecule has 0 bridgehead atoms. The topological polar surface area (TPSA) is 117 Å². The van der Waals surface area contributed by atoms with Gasteiger partial charge in [0.1, 0.15) is 12.5 Å². The molecule has 32 heavy (non-hydrogen) atoms. The Morgan fingerprint density at radius 3 is 2.34 bits per heavy atom. The van der Waals surface area contributed by atoms with Gasteiger partial charge in [-0.25, -0.2) is 0 Å². The Kier molecular flexibility index (Phi) is 11.3.